The van der Waals surface area contributed by atoms with Crippen molar-refractivity contribution in [2.75, 3.05) is 13.4 Å². The molecule has 1 saturated carbocycles. The van der Waals surface area contributed by atoms with Crippen molar-refractivity contribution in [2.45, 2.75) is 25.8 Å². The third-order valence-electron chi connectivity index (χ3n) is 3.43. The average Bonchev–Trinajstić information content (AvgIpc) is 3.15. The molecule has 0 saturated heterocycles. The monoisotopic (exact) mass is 263 g/mol. The standard InChI is InChI=1S/C14H17NO4/c1-9(10-2-3-10)15-14(16)7-17-11-4-5-12-13(6-11)19-8-18-12/h4-6,9-10H,2-3,7-8H2,1H3,(H,15,16). The number of carbonyl (C=O) groups is 1. The summed E-state index contributed by atoms with van der Waals surface area (Å²) in [7, 11) is 0. The molecule has 19 heavy (non-hydrogen) atoms. The zero-order valence-corrected chi connectivity index (χ0v) is 10.8. The molecule has 1 atom stereocenters. The number of nitrogens with one attached hydrogen (secondary N) is 1. The average molecular weight is 263 g/mol. The van der Waals surface area contributed by atoms with Crippen LogP contribution in [0.4, 0.5) is 0 Å². The van der Waals surface area contributed by atoms with Gasteiger partial charge >= 0.3 is 0 Å². The number of amides is 1. The normalized spacial score (nSPS) is 17.9. The van der Waals surface area contributed by atoms with Crippen LogP contribution in [0, 0.1) is 5.92 Å². The predicted molar refractivity (Wildman–Crippen MR) is 68.4 cm³/mol. The Kier molecular flexibility index (Phi) is 3.19. The van der Waals surface area contributed by atoms with Gasteiger partial charge in [-0.2, -0.15) is 0 Å². The Hall–Kier alpha value is -1.91. The van der Waals surface area contributed by atoms with Crippen LogP contribution in [0.2, 0.25) is 0 Å². The van der Waals surface area contributed by atoms with E-state index in [0.29, 0.717) is 23.2 Å². The molecular formula is C14H17NO4. The molecule has 1 aromatic carbocycles. The zero-order chi connectivity index (χ0) is 13.2. The highest BCUT2D eigenvalue weighted by Crippen LogP contribution is 2.35. The number of hydrogen-bond donors (Lipinski definition) is 1. The maximum Gasteiger partial charge on any atom is 0.258 e. The maximum atomic E-state index is 11.7. The molecule has 1 aliphatic carbocycles. The molecule has 1 heterocycles. The summed E-state index contributed by atoms with van der Waals surface area (Å²) in [5, 5.41) is 2.94. The van der Waals surface area contributed by atoms with E-state index < -0.39 is 0 Å². The van der Waals surface area contributed by atoms with E-state index in [1.54, 1.807) is 18.2 Å². The number of hydrogen-bond acceptors (Lipinski definition) is 4. The molecule has 2 aliphatic rings. The molecule has 1 aliphatic heterocycles. The van der Waals surface area contributed by atoms with Crippen molar-refractivity contribution in [1.82, 2.24) is 5.32 Å². The second-order valence-corrected chi connectivity index (χ2v) is 5.00. The fourth-order valence-electron chi connectivity index (χ4n) is 2.13. The van der Waals surface area contributed by atoms with Gasteiger partial charge in [-0.15, -0.1) is 0 Å². The van der Waals surface area contributed by atoms with Crippen LogP contribution in [0.5, 0.6) is 17.2 Å². The van der Waals surface area contributed by atoms with Gasteiger partial charge in [0.1, 0.15) is 5.75 Å². The highest BCUT2D eigenvalue weighted by Gasteiger charge is 2.28. The van der Waals surface area contributed by atoms with Gasteiger partial charge in [-0.25, -0.2) is 0 Å². The summed E-state index contributed by atoms with van der Waals surface area (Å²) >= 11 is 0. The molecule has 1 unspecified atom stereocenters. The minimum atomic E-state index is -0.0860. The molecule has 0 radical (unpaired) electrons. The Morgan fingerprint density at radius 3 is 3.00 bits per heavy atom. The molecule has 3 rings (SSSR count). The van der Waals surface area contributed by atoms with E-state index in [9.17, 15) is 4.79 Å². The van der Waals surface area contributed by atoms with Gasteiger partial charge < -0.3 is 19.5 Å². The largest absolute Gasteiger partial charge is 0.484 e. The minimum absolute atomic E-state index is 0.0245. The molecule has 1 aromatic rings. The van der Waals surface area contributed by atoms with Gasteiger partial charge in [-0.05, 0) is 37.8 Å². The van der Waals surface area contributed by atoms with Crippen molar-refractivity contribution in [3.8, 4) is 17.2 Å². The molecule has 0 spiro atoms. The van der Waals surface area contributed by atoms with E-state index in [4.69, 9.17) is 14.2 Å². The molecule has 5 nitrogen and oxygen atoms in total. The number of ether oxygens (including phenoxy) is 3. The Bertz CT molecular complexity index is 484. The second-order valence-electron chi connectivity index (χ2n) is 5.00. The quantitative estimate of drug-likeness (QED) is 0.878. The smallest absolute Gasteiger partial charge is 0.258 e. The van der Waals surface area contributed by atoms with Crippen molar-refractivity contribution >= 4 is 5.91 Å². The minimum Gasteiger partial charge on any atom is -0.484 e. The number of rotatable bonds is 5. The summed E-state index contributed by atoms with van der Waals surface area (Å²) in [6, 6.07) is 5.53. The van der Waals surface area contributed by atoms with Crippen molar-refractivity contribution in [3.63, 3.8) is 0 Å². The van der Waals surface area contributed by atoms with Crippen LogP contribution in [-0.4, -0.2) is 25.3 Å². The summed E-state index contributed by atoms with van der Waals surface area (Å²) in [5.74, 6) is 2.54. The first-order chi connectivity index (χ1) is 9.22. The fourth-order valence-corrected chi connectivity index (χ4v) is 2.13. The number of fused-ring (bicyclic) bond motifs is 1. The van der Waals surface area contributed by atoms with Gasteiger partial charge in [-0.3, -0.25) is 4.79 Å². The summed E-state index contributed by atoms with van der Waals surface area (Å²) in [6.45, 7) is 2.30. The van der Waals surface area contributed by atoms with Gasteiger partial charge in [0.15, 0.2) is 18.1 Å². The molecule has 0 aromatic heterocycles. The topological polar surface area (TPSA) is 56.8 Å². The van der Waals surface area contributed by atoms with Crippen molar-refractivity contribution in [3.05, 3.63) is 18.2 Å². The molecule has 0 bridgehead atoms. The fraction of sp³-hybridized carbons (Fsp3) is 0.500. The molecule has 102 valence electrons. The highest BCUT2D eigenvalue weighted by molar-refractivity contribution is 5.77. The van der Waals surface area contributed by atoms with Crippen LogP contribution in [0.15, 0.2) is 18.2 Å². The Morgan fingerprint density at radius 1 is 1.42 bits per heavy atom. The SMILES string of the molecule is CC(NC(=O)COc1ccc2c(c1)OCO2)C1CC1. The summed E-state index contributed by atoms with van der Waals surface area (Å²) in [5.41, 5.74) is 0. The van der Waals surface area contributed by atoms with Gasteiger partial charge in [0, 0.05) is 12.1 Å². The lowest BCUT2D eigenvalue weighted by molar-refractivity contribution is -0.123. The first kappa shape index (κ1) is 12.1. The molecule has 5 heteroatoms. The Balaban J connectivity index is 1.50. The first-order valence-corrected chi connectivity index (χ1v) is 6.54. The third-order valence-corrected chi connectivity index (χ3v) is 3.43. The summed E-state index contributed by atoms with van der Waals surface area (Å²) in [6.07, 6.45) is 2.43. The lowest BCUT2D eigenvalue weighted by Crippen LogP contribution is -2.37. The van der Waals surface area contributed by atoms with Gasteiger partial charge in [0.2, 0.25) is 6.79 Å². The highest BCUT2D eigenvalue weighted by atomic mass is 16.7. The third kappa shape index (κ3) is 2.92. The summed E-state index contributed by atoms with van der Waals surface area (Å²) in [4.78, 5) is 11.7. The molecular weight excluding hydrogens is 246 g/mol. The summed E-state index contributed by atoms with van der Waals surface area (Å²) < 4.78 is 15.9. The number of carbonyl (C=O) groups excluding carboxylic acids is 1. The van der Waals surface area contributed by atoms with Crippen LogP contribution >= 0.6 is 0 Å². The second kappa shape index (κ2) is 4.99. The van der Waals surface area contributed by atoms with Crippen molar-refractivity contribution in [2.24, 2.45) is 5.92 Å². The van der Waals surface area contributed by atoms with E-state index in [0.717, 1.165) is 0 Å². The van der Waals surface area contributed by atoms with Gasteiger partial charge in [0.25, 0.3) is 5.91 Å². The van der Waals surface area contributed by atoms with E-state index >= 15 is 0 Å². The van der Waals surface area contributed by atoms with Crippen molar-refractivity contribution in [1.29, 1.82) is 0 Å². The lowest BCUT2D eigenvalue weighted by Gasteiger charge is -2.13. The van der Waals surface area contributed by atoms with Crippen LogP contribution in [0.1, 0.15) is 19.8 Å². The molecule has 1 N–H and O–H groups in total. The van der Waals surface area contributed by atoms with Crippen LogP contribution in [0.3, 0.4) is 0 Å². The Morgan fingerprint density at radius 2 is 2.21 bits per heavy atom. The Labute approximate surface area is 111 Å². The lowest BCUT2D eigenvalue weighted by atomic mass is 10.2. The van der Waals surface area contributed by atoms with E-state index in [-0.39, 0.29) is 25.3 Å². The van der Waals surface area contributed by atoms with Crippen LogP contribution in [0.25, 0.3) is 0 Å². The van der Waals surface area contributed by atoms with Crippen LogP contribution in [-0.2, 0) is 4.79 Å². The van der Waals surface area contributed by atoms with E-state index in [1.807, 2.05) is 6.92 Å². The zero-order valence-electron chi connectivity index (χ0n) is 10.8. The van der Waals surface area contributed by atoms with Gasteiger partial charge in [0.05, 0.1) is 0 Å². The predicted octanol–water partition coefficient (Wildman–Crippen LogP) is 1.71. The van der Waals surface area contributed by atoms with Crippen molar-refractivity contribution < 1.29 is 19.0 Å². The van der Waals surface area contributed by atoms with Gasteiger partial charge in [-0.1, -0.05) is 0 Å². The molecule has 1 amide bonds. The van der Waals surface area contributed by atoms with Crippen LogP contribution < -0.4 is 19.5 Å². The first-order valence-electron chi connectivity index (χ1n) is 6.54. The maximum absolute atomic E-state index is 11.7. The molecule has 1 fully saturated rings. The number of benzene rings is 1. The van der Waals surface area contributed by atoms with E-state index in [2.05, 4.69) is 5.32 Å². The van der Waals surface area contributed by atoms with E-state index in [1.165, 1.54) is 12.8 Å².